The van der Waals surface area contributed by atoms with Gasteiger partial charge in [0.05, 0.1) is 13.2 Å². The van der Waals surface area contributed by atoms with Gasteiger partial charge in [0.25, 0.3) is 0 Å². The van der Waals surface area contributed by atoms with Gasteiger partial charge in [-0.15, -0.1) is 0 Å². The predicted molar refractivity (Wildman–Crippen MR) is 106 cm³/mol. The number of hydrogen-bond donors (Lipinski definition) is 0. The van der Waals surface area contributed by atoms with E-state index >= 15 is 0 Å². The van der Waals surface area contributed by atoms with Gasteiger partial charge in [-0.2, -0.15) is 5.26 Å². The Morgan fingerprint density at radius 2 is 1.82 bits per heavy atom. The van der Waals surface area contributed by atoms with Crippen LogP contribution >= 0.6 is 0 Å². The molecule has 1 aromatic heterocycles. The Morgan fingerprint density at radius 3 is 2.61 bits per heavy atom. The molecule has 4 rings (SSSR count). The SMILES string of the molecule is N#Cc1nccnc1-c1ccc(COc2cccc(N3CCOCC3)c2)cc1. The fourth-order valence-corrected chi connectivity index (χ4v) is 3.15. The molecule has 0 bridgehead atoms. The molecule has 28 heavy (non-hydrogen) atoms. The normalized spacial score (nSPS) is 13.8. The van der Waals surface area contributed by atoms with Crippen molar-refractivity contribution < 1.29 is 9.47 Å². The molecule has 2 heterocycles. The van der Waals surface area contributed by atoms with Crippen LogP contribution in [0.15, 0.2) is 60.9 Å². The van der Waals surface area contributed by atoms with E-state index in [2.05, 4.69) is 33.1 Å². The summed E-state index contributed by atoms with van der Waals surface area (Å²) in [5, 5.41) is 9.18. The standard InChI is InChI=1S/C22H20N4O2/c23-15-21-22(25-9-8-24-21)18-6-4-17(5-7-18)16-28-20-3-1-2-19(14-20)26-10-12-27-13-11-26/h1-9,14H,10-13,16H2. The Bertz CT molecular complexity index is 976. The number of hydrogen-bond acceptors (Lipinski definition) is 6. The number of benzene rings is 2. The first-order valence-corrected chi connectivity index (χ1v) is 9.19. The first kappa shape index (κ1) is 18.0. The largest absolute Gasteiger partial charge is 0.489 e. The van der Waals surface area contributed by atoms with Gasteiger partial charge in [0.15, 0.2) is 5.69 Å². The molecule has 0 spiro atoms. The zero-order valence-electron chi connectivity index (χ0n) is 15.4. The fourth-order valence-electron chi connectivity index (χ4n) is 3.15. The van der Waals surface area contributed by atoms with Crippen molar-refractivity contribution in [2.75, 3.05) is 31.2 Å². The van der Waals surface area contributed by atoms with Gasteiger partial charge in [0.2, 0.25) is 0 Å². The first-order chi connectivity index (χ1) is 13.8. The van der Waals surface area contributed by atoms with E-state index < -0.39 is 0 Å². The minimum absolute atomic E-state index is 0.325. The maximum atomic E-state index is 9.18. The van der Waals surface area contributed by atoms with E-state index in [1.165, 1.54) is 6.20 Å². The van der Waals surface area contributed by atoms with E-state index in [1.54, 1.807) is 6.20 Å². The summed E-state index contributed by atoms with van der Waals surface area (Å²) in [6, 6.07) is 18.1. The number of rotatable bonds is 5. The van der Waals surface area contributed by atoms with Crippen molar-refractivity contribution in [2.24, 2.45) is 0 Å². The molecular weight excluding hydrogens is 352 g/mol. The van der Waals surface area contributed by atoms with Crippen molar-refractivity contribution in [3.05, 3.63) is 72.2 Å². The quantitative estimate of drug-likeness (QED) is 0.683. The molecule has 0 radical (unpaired) electrons. The van der Waals surface area contributed by atoms with Crippen LogP contribution in [0.4, 0.5) is 5.69 Å². The Labute approximate surface area is 164 Å². The van der Waals surface area contributed by atoms with Gasteiger partial charge in [0, 0.05) is 42.8 Å². The summed E-state index contributed by atoms with van der Waals surface area (Å²) in [5.74, 6) is 0.841. The third kappa shape index (κ3) is 4.11. The Morgan fingerprint density at radius 1 is 1.04 bits per heavy atom. The number of aromatic nitrogens is 2. The van der Waals surface area contributed by atoms with Gasteiger partial charge < -0.3 is 14.4 Å². The highest BCUT2D eigenvalue weighted by Crippen LogP contribution is 2.24. The average Bonchev–Trinajstić information content (AvgIpc) is 2.79. The van der Waals surface area contributed by atoms with E-state index in [9.17, 15) is 5.26 Å². The van der Waals surface area contributed by atoms with Crippen LogP contribution in [0.5, 0.6) is 5.75 Å². The third-order valence-electron chi connectivity index (χ3n) is 4.63. The van der Waals surface area contributed by atoms with Crippen LogP contribution in [-0.2, 0) is 11.3 Å². The molecule has 1 aliphatic heterocycles. The molecule has 6 nitrogen and oxygen atoms in total. The van der Waals surface area contributed by atoms with Gasteiger partial charge in [-0.05, 0) is 17.7 Å². The second kappa shape index (κ2) is 8.51. The van der Waals surface area contributed by atoms with Crippen molar-refractivity contribution in [3.8, 4) is 23.1 Å². The summed E-state index contributed by atoms with van der Waals surface area (Å²) in [6.45, 7) is 3.79. The lowest BCUT2D eigenvalue weighted by Crippen LogP contribution is -2.36. The van der Waals surface area contributed by atoms with E-state index in [4.69, 9.17) is 9.47 Å². The molecule has 0 unspecified atom stereocenters. The van der Waals surface area contributed by atoms with Gasteiger partial charge in [-0.25, -0.2) is 4.98 Å². The van der Waals surface area contributed by atoms with E-state index in [1.807, 2.05) is 36.4 Å². The summed E-state index contributed by atoms with van der Waals surface area (Å²) in [7, 11) is 0. The molecule has 140 valence electrons. The molecule has 1 saturated heterocycles. The van der Waals surface area contributed by atoms with Crippen molar-refractivity contribution in [3.63, 3.8) is 0 Å². The summed E-state index contributed by atoms with van der Waals surface area (Å²) in [4.78, 5) is 10.6. The molecule has 0 N–H and O–H groups in total. The van der Waals surface area contributed by atoms with Gasteiger partial charge in [-0.1, -0.05) is 30.3 Å². The van der Waals surface area contributed by atoms with Crippen LogP contribution in [0.1, 0.15) is 11.3 Å². The van der Waals surface area contributed by atoms with Gasteiger partial charge in [-0.3, -0.25) is 4.98 Å². The van der Waals surface area contributed by atoms with Gasteiger partial charge >= 0.3 is 0 Å². The molecule has 0 amide bonds. The fraction of sp³-hybridized carbons (Fsp3) is 0.227. The Hall–Kier alpha value is -3.43. The molecule has 0 atom stereocenters. The van der Waals surface area contributed by atoms with Crippen molar-refractivity contribution in [1.82, 2.24) is 9.97 Å². The maximum absolute atomic E-state index is 9.18. The smallest absolute Gasteiger partial charge is 0.166 e. The zero-order valence-corrected chi connectivity index (χ0v) is 15.4. The summed E-state index contributed by atoms with van der Waals surface area (Å²) < 4.78 is 11.4. The van der Waals surface area contributed by atoms with Crippen LogP contribution in [0.2, 0.25) is 0 Å². The average molecular weight is 372 g/mol. The molecule has 1 aliphatic rings. The number of ether oxygens (including phenoxy) is 2. The van der Waals surface area contributed by atoms with Crippen molar-refractivity contribution in [1.29, 1.82) is 5.26 Å². The highest BCUT2D eigenvalue weighted by molar-refractivity contribution is 5.64. The topological polar surface area (TPSA) is 71.3 Å². The third-order valence-corrected chi connectivity index (χ3v) is 4.63. The number of morpholine rings is 1. The lowest BCUT2D eigenvalue weighted by atomic mass is 10.1. The predicted octanol–water partition coefficient (Wildman–Crippen LogP) is 3.43. The van der Waals surface area contributed by atoms with Crippen LogP contribution in [0.25, 0.3) is 11.3 Å². The van der Waals surface area contributed by atoms with Gasteiger partial charge in [0.1, 0.15) is 24.1 Å². The Kier molecular flexibility index (Phi) is 5.46. The van der Waals surface area contributed by atoms with Crippen LogP contribution in [-0.4, -0.2) is 36.3 Å². The highest BCUT2D eigenvalue weighted by Gasteiger charge is 2.12. The number of nitrogens with zero attached hydrogens (tertiary/aromatic N) is 4. The van der Waals surface area contributed by atoms with Crippen molar-refractivity contribution >= 4 is 5.69 Å². The maximum Gasteiger partial charge on any atom is 0.166 e. The van der Waals surface area contributed by atoms with Crippen LogP contribution in [0.3, 0.4) is 0 Å². The highest BCUT2D eigenvalue weighted by atomic mass is 16.5. The van der Waals surface area contributed by atoms with E-state index in [-0.39, 0.29) is 0 Å². The van der Waals surface area contributed by atoms with E-state index in [0.29, 0.717) is 18.0 Å². The summed E-state index contributed by atoms with van der Waals surface area (Å²) in [5.41, 5.74) is 3.98. The summed E-state index contributed by atoms with van der Waals surface area (Å²) >= 11 is 0. The second-order valence-corrected chi connectivity index (χ2v) is 6.45. The first-order valence-electron chi connectivity index (χ1n) is 9.19. The van der Waals surface area contributed by atoms with Crippen LogP contribution < -0.4 is 9.64 Å². The number of nitriles is 1. The molecule has 6 heteroatoms. The molecule has 1 fully saturated rings. The number of anilines is 1. The van der Waals surface area contributed by atoms with Crippen molar-refractivity contribution in [2.45, 2.75) is 6.61 Å². The van der Waals surface area contributed by atoms with Crippen LogP contribution in [0, 0.1) is 11.3 Å². The molecule has 0 saturated carbocycles. The molecule has 3 aromatic rings. The second-order valence-electron chi connectivity index (χ2n) is 6.45. The Balaban J connectivity index is 1.42. The molecular formula is C22H20N4O2. The minimum Gasteiger partial charge on any atom is -0.489 e. The molecule has 0 aliphatic carbocycles. The molecule has 2 aromatic carbocycles. The lowest BCUT2D eigenvalue weighted by molar-refractivity contribution is 0.122. The zero-order chi connectivity index (χ0) is 19.2. The minimum atomic E-state index is 0.325. The lowest BCUT2D eigenvalue weighted by Gasteiger charge is -2.29. The summed E-state index contributed by atoms with van der Waals surface area (Å²) in [6.07, 6.45) is 3.12. The van der Waals surface area contributed by atoms with E-state index in [0.717, 1.165) is 48.9 Å². The monoisotopic (exact) mass is 372 g/mol.